The molecule has 0 spiro atoms. The largest absolute Gasteiger partial charge is 0.466 e. The van der Waals surface area contributed by atoms with Gasteiger partial charge in [-0.1, -0.05) is 24.3 Å². The second-order valence-electron chi connectivity index (χ2n) is 3.99. The molecule has 0 radical (unpaired) electrons. The van der Waals surface area contributed by atoms with Gasteiger partial charge in [0.2, 0.25) is 0 Å². The summed E-state index contributed by atoms with van der Waals surface area (Å²) in [7, 11) is 0. The highest BCUT2D eigenvalue weighted by Gasteiger charge is 2.22. The minimum absolute atomic E-state index is 0.171. The van der Waals surface area contributed by atoms with E-state index in [1.54, 1.807) is 6.92 Å². The van der Waals surface area contributed by atoms with Crippen molar-refractivity contribution in [2.45, 2.75) is 32.0 Å². The lowest BCUT2D eigenvalue weighted by molar-refractivity contribution is -0.147. The zero-order valence-corrected chi connectivity index (χ0v) is 10.4. The van der Waals surface area contributed by atoms with Crippen molar-refractivity contribution in [2.24, 2.45) is 0 Å². The highest BCUT2D eigenvalue weighted by atomic mass is 19.3. The first-order valence-corrected chi connectivity index (χ1v) is 5.85. The predicted octanol–water partition coefficient (Wildman–Crippen LogP) is 1.97. The van der Waals surface area contributed by atoms with Crippen LogP contribution in [0.3, 0.4) is 0 Å². The van der Waals surface area contributed by atoms with Gasteiger partial charge >= 0.3 is 5.97 Å². The Bertz CT molecular complexity index is 406. The minimum Gasteiger partial charge on any atom is -0.466 e. The topological polar surface area (TPSA) is 66.8 Å². The molecule has 0 saturated carbocycles. The molecule has 0 aliphatic rings. The number of aliphatic hydroxyl groups is 2. The van der Waals surface area contributed by atoms with Crippen LogP contribution in [0.15, 0.2) is 24.3 Å². The van der Waals surface area contributed by atoms with Crippen molar-refractivity contribution in [1.29, 1.82) is 0 Å². The number of hydrogen-bond acceptors (Lipinski definition) is 4. The molecule has 2 unspecified atom stereocenters. The zero-order chi connectivity index (χ0) is 14.4. The first-order chi connectivity index (χ1) is 8.95. The molecule has 0 fully saturated rings. The van der Waals surface area contributed by atoms with Gasteiger partial charge in [0.15, 0.2) is 0 Å². The molecule has 19 heavy (non-hydrogen) atoms. The average Bonchev–Trinajstić information content (AvgIpc) is 2.38. The third kappa shape index (κ3) is 4.57. The lowest BCUT2D eigenvalue weighted by Gasteiger charge is -2.17. The summed E-state index contributed by atoms with van der Waals surface area (Å²) in [6, 6.07) is 4.92. The quantitative estimate of drug-likeness (QED) is 0.778. The monoisotopic (exact) mass is 274 g/mol. The maximum Gasteiger partial charge on any atom is 0.308 e. The molecule has 106 valence electrons. The van der Waals surface area contributed by atoms with Crippen LogP contribution >= 0.6 is 0 Å². The number of esters is 1. The first kappa shape index (κ1) is 15.5. The molecule has 1 aromatic carbocycles. The molecule has 0 aliphatic carbocycles. The Hall–Kier alpha value is -1.53. The Morgan fingerprint density at radius 2 is 1.74 bits per heavy atom. The van der Waals surface area contributed by atoms with Crippen molar-refractivity contribution in [3.8, 4) is 0 Å². The van der Waals surface area contributed by atoms with Crippen molar-refractivity contribution in [1.82, 2.24) is 0 Å². The van der Waals surface area contributed by atoms with Gasteiger partial charge in [0, 0.05) is 5.56 Å². The van der Waals surface area contributed by atoms with E-state index in [2.05, 4.69) is 4.74 Å². The van der Waals surface area contributed by atoms with E-state index in [9.17, 15) is 23.8 Å². The molecule has 2 atom stereocenters. The molecule has 4 nitrogen and oxygen atoms in total. The summed E-state index contributed by atoms with van der Waals surface area (Å²) in [5.74, 6) is -0.627. The van der Waals surface area contributed by atoms with E-state index in [1.165, 1.54) is 24.3 Å². The fourth-order valence-corrected chi connectivity index (χ4v) is 1.56. The number of carbonyl (C=O) groups excluding carboxylic acids is 1. The predicted molar refractivity (Wildman–Crippen MR) is 63.6 cm³/mol. The van der Waals surface area contributed by atoms with Gasteiger partial charge in [-0.15, -0.1) is 0 Å². The zero-order valence-electron chi connectivity index (χ0n) is 10.4. The number of alkyl halides is 2. The van der Waals surface area contributed by atoms with Crippen LogP contribution in [0, 0.1) is 0 Å². The number of hydrogen-bond donors (Lipinski definition) is 2. The van der Waals surface area contributed by atoms with Crippen molar-refractivity contribution in [3.05, 3.63) is 35.4 Å². The standard InChI is InChI=1S/C13H16F2O4/c1-2-19-11(17)7-10(16)12(18)8-3-5-9(6-4-8)13(14)15/h3-6,10,12-13,16,18H,2,7H2,1H3. The summed E-state index contributed by atoms with van der Waals surface area (Å²) in [5, 5.41) is 19.4. The number of ether oxygens (including phenoxy) is 1. The molecule has 0 aliphatic heterocycles. The van der Waals surface area contributed by atoms with Gasteiger partial charge in [-0.3, -0.25) is 4.79 Å². The van der Waals surface area contributed by atoms with Gasteiger partial charge in [-0.2, -0.15) is 0 Å². The maximum atomic E-state index is 12.3. The Kier molecular flexibility index (Phi) is 5.85. The first-order valence-electron chi connectivity index (χ1n) is 5.85. The van der Waals surface area contributed by atoms with Crippen LogP contribution in [0.4, 0.5) is 8.78 Å². The molecule has 0 aromatic heterocycles. The molecule has 1 rings (SSSR count). The molecule has 2 N–H and O–H groups in total. The average molecular weight is 274 g/mol. The van der Waals surface area contributed by atoms with Crippen LogP contribution in [0.5, 0.6) is 0 Å². The second kappa shape index (κ2) is 7.16. The van der Waals surface area contributed by atoms with E-state index >= 15 is 0 Å². The highest BCUT2D eigenvalue weighted by molar-refractivity contribution is 5.70. The fourth-order valence-electron chi connectivity index (χ4n) is 1.56. The van der Waals surface area contributed by atoms with E-state index in [0.29, 0.717) is 0 Å². The van der Waals surface area contributed by atoms with Crippen molar-refractivity contribution >= 4 is 5.97 Å². The number of aliphatic hydroxyl groups excluding tert-OH is 2. The number of carbonyl (C=O) groups is 1. The summed E-state index contributed by atoms with van der Waals surface area (Å²) in [5.41, 5.74) is 0.0945. The summed E-state index contributed by atoms with van der Waals surface area (Å²) >= 11 is 0. The second-order valence-corrected chi connectivity index (χ2v) is 3.99. The normalized spacial score (nSPS) is 14.2. The molecule has 0 amide bonds. The Morgan fingerprint density at radius 3 is 2.21 bits per heavy atom. The smallest absolute Gasteiger partial charge is 0.308 e. The van der Waals surface area contributed by atoms with E-state index in [-0.39, 0.29) is 24.2 Å². The number of benzene rings is 1. The minimum atomic E-state index is -2.59. The van der Waals surface area contributed by atoms with Gasteiger partial charge in [0.25, 0.3) is 6.43 Å². The fraction of sp³-hybridized carbons (Fsp3) is 0.462. The summed E-state index contributed by atoms with van der Waals surface area (Å²) in [6.45, 7) is 1.81. The SMILES string of the molecule is CCOC(=O)CC(O)C(O)c1ccc(C(F)F)cc1. The molecular formula is C13H16F2O4. The Balaban J connectivity index is 2.65. The van der Waals surface area contributed by atoms with E-state index < -0.39 is 24.6 Å². The third-order valence-electron chi connectivity index (χ3n) is 2.58. The van der Waals surface area contributed by atoms with Crippen molar-refractivity contribution in [3.63, 3.8) is 0 Å². The highest BCUT2D eigenvalue weighted by Crippen LogP contribution is 2.23. The lowest BCUT2D eigenvalue weighted by Crippen LogP contribution is -2.23. The van der Waals surface area contributed by atoms with Crippen LogP contribution in [0.1, 0.15) is 37.0 Å². The summed E-state index contributed by atoms with van der Waals surface area (Å²) < 4.78 is 29.3. The van der Waals surface area contributed by atoms with Gasteiger partial charge in [0.1, 0.15) is 6.10 Å². The summed E-state index contributed by atoms with van der Waals surface area (Å²) in [4.78, 5) is 11.1. The van der Waals surface area contributed by atoms with E-state index in [0.717, 1.165) is 0 Å². The van der Waals surface area contributed by atoms with Crippen LogP contribution in [0.2, 0.25) is 0 Å². The molecule has 0 saturated heterocycles. The number of rotatable bonds is 6. The van der Waals surface area contributed by atoms with Gasteiger partial charge < -0.3 is 14.9 Å². The van der Waals surface area contributed by atoms with Gasteiger partial charge in [-0.05, 0) is 12.5 Å². The van der Waals surface area contributed by atoms with Crippen LogP contribution in [-0.2, 0) is 9.53 Å². The molecule has 1 aromatic rings. The Labute approximate surface area is 109 Å². The number of halogens is 2. The van der Waals surface area contributed by atoms with E-state index in [1.807, 2.05) is 0 Å². The van der Waals surface area contributed by atoms with Crippen LogP contribution < -0.4 is 0 Å². The van der Waals surface area contributed by atoms with Gasteiger partial charge in [0.05, 0.1) is 19.1 Å². The van der Waals surface area contributed by atoms with Crippen LogP contribution in [-0.4, -0.2) is 28.9 Å². The molecular weight excluding hydrogens is 258 g/mol. The van der Waals surface area contributed by atoms with Crippen molar-refractivity contribution in [2.75, 3.05) is 6.61 Å². The lowest BCUT2D eigenvalue weighted by atomic mass is 10.0. The molecule has 0 heterocycles. The van der Waals surface area contributed by atoms with Crippen molar-refractivity contribution < 1.29 is 28.5 Å². The maximum absolute atomic E-state index is 12.3. The third-order valence-corrected chi connectivity index (χ3v) is 2.58. The molecule has 0 bridgehead atoms. The van der Waals surface area contributed by atoms with Gasteiger partial charge in [-0.25, -0.2) is 8.78 Å². The molecule has 6 heteroatoms. The van der Waals surface area contributed by atoms with E-state index in [4.69, 9.17) is 0 Å². The Morgan fingerprint density at radius 1 is 1.21 bits per heavy atom. The summed E-state index contributed by atoms with van der Waals surface area (Å²) in [6.07, 6.45) is -5.60. The van der Waals surface area contributed by atoms with Crippen LogP contribution in [0.25, 0.3) is 0 Å².